The minimum atomic E-state index is -3.76. The number of nitrogens with one attached hydrogen (secondary N) is 1. The van der Waals surface area contributed by atoms with E-state index in [1.54, 1.807) is 12.1 Å². The van der Waals surface area contributed by atoms with E-state index < -0.39 is 10.0 Å². The number of benzene rings is 2. The van der Waals surface area contributed by atoms with Crippen LogP contribution in [0.25, 0.3) is 0 Å². The van der Waals surface area contributed by atoms with E-state index in [2.05, 4.69) is 5.32 Å². The fourth-order valence-electron chi connectivity index (χ4n) is 2.60. The van der Waals surface area contributed by atoms with Crippen molar-refractivity contribution in [2.45, 2.75) is 25.2 Å². The number of para-hydroxylation sites is 1. The number of ether oxygens (including phenoxy) is 1. The Labute approximate surface area is 154 Å². The molecule has 0 saturated carbocycles. The second kappa shape index (κ2) is 8.33. The van der Waals surface area contributed by atoms with Gasteiger partial charge in [-0.1, -0.05) is 25.1 Å². The van der Waals surface area contributed by atoms with Crippen LogP contribution in [0.15, 0.2) is 47.4 Å². The number of likely N-dealkylation sites (N-methyl/N-ethyl adjacent to an activating group) is 1. The Morgan fingerprint density at radius 1 is 1.15 bits per heavy atom. The average Bonchev–Trinajstić information content (AvgIpc) is 2.63. The molecule has 0 spiro atoms. The molecule has 0 heterocycles. The number of sulfonamides is 1. The second-order valence-corrected chi connectivity index (χ2v) is 7.99. The zero-order chi connectivity index (χ0) is 19.3. The molecule has 140 valence electrons. The molecule has 1 N–H and O–H groups in total. The van der Waals surface area contributed by atoms with Gasteiger partial charge in [-0.25, -0.2) is 8.42 Å². The van der Waals surface area contributed by atoms with Gasteiger partial charge in [0.05, 0.1) is 18.6 Å². The largest absolute Gasteiger partial charge is 0.497 e. The number of aryl methyl sites for hydroxylation is 2. The number of hydrogen-bond donors (Lipinski definition) is 1. The molecule has 26 heavy (non-hydrogen) atoms. The van der Waals surface area contributed by atoms with Gasteiger partial charge < -0.3 is 10.1 Å². The topological polar surface area (TPSA) is 75.7 Å². The number of anilines is 1. The molecule has 0 saturated heterocycles. The quantitative estimate of drug-likeness (QED) is 0.806. The van der Waals surface area contributed by atoms with Crippen LogP contribution in [0.5, 0.6) is 5.75 Å². The number of hydrogen-bond acceptors (Lipinski definition) is 4. The number of amides is 1. The van der Waals surface area contributed by atoms with Gasteiger partial charge in [0.2, 0.25) is 15.9 Å². The van der Waals surface area contributed by atoms with Crippen LogP contribution in [0.2, 0.25) is 0 Å². The second-order valence-electron chi connectivity index (χ2n) is 5.95. The molecule has 0 radical (unpaired) electrons. The van der Waals surface area contributed by atoms with Crippen LogP contribution < -0.4 is 10.1 Å². The van der Waals surface area contributed by atoms with Gasteiger partial charge in [-0.05, 0) is 48.7 Å². The van der Waals surface area contributed by atoms with E-state index in [0.717, 1.165) is 27.5 Å². The number of carbonyl (C=O) groups excluding carboxylic acids is 1. The van der Waals surface area contributed by atoms with E-state index >= 15 is 0 Å². The first-order chi connectivity index (χ1) is 12.3. The van der Waals surface area contributed by atoms with Gasteiger partial charge in [-0.15, -0.1) is 0 Å². The standard InChI is InChI=1S/C19H24N2O4S/c1-5-15-8-6-7-14(2)19(15)20-18(22)13-21(3)26(23,24)17-11-9-16(25-4)10-12-17/h6-12H,5,13H2,1-4H3,(H,20,22). The van der Waals surface area contributed by atoms with Crippen LogP contribution in [0.1, 0.15) is 18.1 Å². The molecule has 0 fully saturated rings. The van der Waals surface area contributed by atoms with Crippen molar-refractivity contribution >= 4 is 21.6 Å². The molecule has 0 atom stereocenters. The van der Waals surface area contributed by atoms with Gasteiger partial charge in [0.1, 0.15) is 5.75 Å². The molecule has 7 heteroatoms. The Morgan fingerprint density at radius 2 is 1.81 bits per heavy atom. The molecule has 0 aliphatic rings. The van der Waals surface area contributed by atoms with Crippen molar-refractivity contribution < 1.29 is 17.9 Å². The zero-order valence-electron chi connectivity index (χ0n) is 15.4. The van der Waals surface area contributed by atoms with Gasteiger partial charge in [0.15, 0.2) is 0 Å². The first-order valence-electron chi connectivity index (χ1n) is 8.28. The zero-order valence-corrected chi connectivity index (χ0v) is 16.3. The van der Waals surface area contributed by atoms with Crippen LogP contribution in [-0.4, -0.2) is 39.3 Å². The Kier molecular flexibility index (Phi) is 6.39. The minimum Gasteiger partial charge on any atom is -0.497 e. The first-order valence-corrected chi connectivity index (χ1v) is 9.72. The van der Waals surface area contributed by atoms with Crippen molar-refractivity contribution in [2.75, 3.05) is 26.0 Å². The maximum Gasteiger partial charge on any atom is 0.243 e. The van der Waals surface area contributed by atoms with E-state index in [0.29, 0.717) is 5.75 Å². The fraction of sp³-hybridized carbons (Fsp3) is 0.316. The molecule has 2 rings (SSSR count). The number of carbonyl (C=O) groups is 1. The monoisotopic (exact) mass is 376 g/mol. The molecule has 0 aliphatic heterocycles. The van der Waals surface area contributed by atoms with Crippen molar-refractivity contribution in [1.29, 1.82) is 0 Å². The van der Waals surface area contributed by atoms with Crippen molar-refractivity contribution in [3.05, 3.63) is 53.6 Å². The fourth-order valence-corrected chi connectivity index (χ4v) is 3.72. The summed E-state index contributed by atoms with van der Waals surface area (Å²) in [7, 11) is -0.864. The highest BCUT2D eigenvalue weighted by molar-refractivity contribution is 7.89. The Balaban J connectivity index is 2.13. The average molecular weight is 376 g/mol. The molecule has 2 aromatic carbocycles. The third kappa shape index (κ3) is 4.42. The molecule has 1 amide bonds. The maximum atomic E-state index is 12.6. The lowest BCUT2D eigenvalue weighted by molar-refractivity contribution is -0.116. The highest BCUT2D eigenvalue weighted by atomic mass is 32.2. The third-order valence-electron chi connectivity index (χ3n) is 4.14. The van der Waals surface area contributed by atoms with Gasteiger partial charge in [0.25, 0.3) is 0 Å². The lowest BCUT2D eigenvalue weighted by Crippen LogP contribution is -2.35. The third-order valence-corrected chi connectivity index (χ3v) is 5.96. The van der Waals surface area contributed by atoms with Crippen LogP contribution in [0.4, 0.5) is 5.69 Å². The summed E-state index contributed by atoms with van der Waals surface area (Å²) in [5.74, 6) is 0.185. The first kappa shape index (κ1) is 19.9. The van der Waals surface area contributed by atoms with Gasteiger partial charge in [-0.3, -0.25) is 4.79 Å². The summed E-state index contributed by atoms with van der Waals surface area (Å²) in [6, 6.07) is 11.8. The van der Waals surface area contributed by atoms with Crippen LogP contribution >= 0.6 is 0 Å². The van der Waals surface area contributed by atoms with Crippen molar-refractivity contribution in [3.63, 3.8) is 0 Å². The van der Waals surface area contributed by atoms with Crippen molar-refractivity contribution in [3.8, 4) is 5.75 Å². The summed E-state index contributed by atoms with van der Waals surface area (Å²) < 4.78 is 31.3. The summed E-state index contributed by atoms with van der Waals surface area (Å²) in [4.78, 5) is 12.5. The lowest BCUT2D eigenvalue weighted by Gasteiger charge is -2.18. The molecule has 0 aliphatic carbocycles. The predicted molar refractivity (Wildman–Crippen MR) is 102 cm³/mol. The Morgan fingerprint density at radius 3 is 2.38 bits per heavy atom. The summed E-state index contributed by atoms with van der Waals surface area (Å²) >= 11 is 0. The van der Waals surface area contributed by atoms with Gasteiger partial charge in [0, 0.05) is 12.7 Å². The summed E-state index contributed by atoms with van der Waals surface area (Å²) in [5.41, 5.74) is 2.70. The van der Waals surface area contributed by atoms with Crippen LogP contribution in [-0.2, 0) is 21.2 Å². The molecule has 6 nitrogen and oxygen atoms in total. The highest BCUT2D eigenvalue weighted by Gasteiger charge is 2.23. The van der Waals surface area contributed by atoms with Crippen LogP contribution in [0, 0.1) is 6.92 Å². The van der Waals surface area contributed by atoms with E-state index in [1.807, 2.05) is 32.0 Å². The van der Waals surface area contributed by atoms with E-state index in [-0.39, 0.29) is 17.3 Å². The number of methoxy groups -OCH3 is 1. The molecular weight excluding hydrogens is 352 g/mol. The van der Waals surface area contributed by atoms with E-state index in [4.69, 9.17) is 4.74 Å². The van der Waals surface area contributed by atoms with Crippen molar-refractivity contribution in [2.24, 2.45) is 0 Å². The molecule has 0 bridgehead atoms. The Bertz CT molecular complexity index is 877. The molecule has 0 unspecified atom stereocenters. The number of nitrogens with zero attached hydrogens (tertiary/aromatic N) is 1. The summed E-state index contributed by atoms with van der Waals surface area (Å²) in [5, 5.41) is 2.84. The maximum absolute atomic E-state index is 12.6. The normalized spacial score (nSPS) is 11.4. The smallest absolute Gasteiger partial charge is 0.243 e. The number of rotatable bonds is 7. The minimum absolute atomic E-state index is 0.110. The molecular formula is C19H24N2O4S. The predicted octanol–water partition coefficient (Wildman–Crippen LogP) is 2.83. The van der Waals surface area contributed by atoms with Crippen molar-refractivity contribution in [1.82, 2.24) is 4.31 Å². The Hall–Kier alpha value is -2.38. The molecule has 0 aromatic heterocycles. The van der Waals surface area contributed by atoms with Gasteiger partial charge >= 0.3 is 0 Å². The van der Waals surface area contributed by atoms with Gasteiger partial charge in [-0.2, -0.15) is 4.31 Å². The van der Waals surface area contributed by atoms with E-state index in [1.165, 1.54) is 26.3 Å². The molecule has 2 aromatic rings. The lowest BCUT2D eigenvalue weighted by atomic mass is 10.1. The summed E-state index contributed by atoms with van der Waals surface area (Å²) in [6.45, 7) is 3.64. The van der Waals surface area contributed by atoms with Crippen LogP contribution in [0.3, 0.4) is 0 Å². The SMILES string of the molecule is CCc1cccc(C)c1NC(=O)CN(C)S(=O)(=O)c1ccc(OC)cc1. The highest BCUT2D eigenvalue weighted by Crippen LogP contribution is 2.22. The van der Waals surface area contributed by atoms with E-state index in [9.17, 15) is 13.2 Å². The summed E-state index contributed by atoms with van der Waals surface area (Å²) in [6.07, 6.45) is 0.775.